The van der Waals surface area contributed by atoms with Crippen LogP contribution in [0.25, 0.3) is 0 Å². The van der Waals surface area contributed by atoms with Crippen LogP contribution < -0.4 is 4.90 Å². The molecule has 3 heteroatoms. The van der Waals surface area contributed by atoms with Crippen molar-refractivity contribution in [1.82, 2.24) is 9.80 Å². The molecule has 0 aromatic heterocycles. The van der Waals surface area contributed by atoms with Crippen LogP contribution in [0.3, 0.4) is 0 Å². The van der Waals surface area contributed by atoms with Crippen molar-refractivity contribution in [3.63, 3.8) is 0 Å². The van der Waals surface area contributed by atoms with Gasteiger partial charge in [0, 0.05) is 56.8 Å². The van der Waals surface area contributed by atoms with Crippen LogP contribution in [0.5, 0.6) is 0 Å². The number of para-hydroxylation sites is 1. The molecule has 2 bridgehead atoms. The Hall–Kier alpha value is -2.62. The van der Waals surface area contributed by atoms with E-state index < -0.39 is 0 Å². The molecule has 2 aliphatic heterocycles. The quantitative estimate of drug-likeness (QED) is 0.500. The third-order valence-corrected chi connectivity index (χ3v) is 9.65. The van der Waals surface area contributed by atoms with E-state index in [0.717, 1.165) is 19.0 Å². The van der Waals surface area contributed by atoms with Crippen molar-refractivity contribution in [3.8, 4) is 0 Å². The first-order valence-electron chi connectivity index (χ1n) is 13.6. The van der Waals surface area contributed by atoms with E-state index in [-0.39, 0.29) is 0 Å². The zero-order chi connectivity index (χ0) is 23.4. The SMILES string of the molecule is CC12CN(CCCN3CCN(c4ccccc4)CC3)CC1C1c3ccccc3C2c2ccccc21. The van der Waals surface area contributed by atoms with E-state index in [0.29, 0.717) is 17.3 Å². The highest BCUT2D eigenvalue weighted by molar-refractivity contribution is 5.58. The Morgan fingerprint density at radius 3 is 1.91 bits per heavy atom. The normalized spacial score (nSPS) is 29.6. The maximum Gasteiger partial charge on any atom is 0.0367 e. The van der Waals surface area contributed by atoms with Gasteiger partial charge in [0.15, 0.2) is 0 Å². The summed E-state index contributed by atoms with van der Waals surface area (Å²) in [4.78, 5) is 8.02. The lowest BCUT2D eigenvalue weighted by molar-refractivity contribution is 0.160. The molecule has 180 valence electrons. The number of likely N-dealkylation sites (tertiary alicyclic amines) is 1. The van der Waals surface area contributed by atoms with Crippen molar-refractivity contribution in [2.75, 3.05) is 57.3 Å². The van der Waals surface area contributed by atoms with Gasteiger partial charge in [-0.1, -0.05) is 73.7 Å². The minimum Gasteiger partial charge on any atom is -0.369 e. The summed E-state index contributed by atoms with van der Waals surface area (Å²) >= 11 is 0. The van der Waals surface area contributed by atoms with Gasteiger partial charge in [0.2, 0.25) is 0 Å². The zero-order valence-corrected chi connectivity index (χ0v) is 20.9. The fourth-order valence-corrected chi connectivity index (χ4v) is 8.09. The Morgan fingerprint density at radius 1 is 0.686 bits per heavy atom. The number of anilines is 1. The van der Waals surface area contributed by atoms with Crippen LogP contribution in [0.1, 0.15) is 47.4 Å². The van der Waals surface area contributed by atoms with Crippen LogP contribution in [-0.2, 0) is 0 Å². The Bertz CT molecular complexity index is 1150. The van der Waals surface area contributed by atoms with E-state index in [1.54, 1.807) is 22.3 Å². The summed E-state index contributed by atoms with van der Waals surface area (Å²) in [6.07, 6.45) is 1.28. The van der Waals surface area contributed by atoms with Gasteiger partial charge in [-0.05, 0) is 65.2 Å². The summed E-state index contributed by atoms with van der Waals surface area (Å²) < 4.78 is 0. The Morgan fingerprint density at radius 2 is 1.26 bits per heavy atom. The van der Waals surface area contributed by atoms with E-state index in [2.05, 4.69) is 100 Å². The predicted molar refractivity (Wildman–Crippen MR) is 144 cm³/mol. The molecular weight excluding hydrogens is 426 g/mol. The first-order chi connectivity index (χ1) is 17.2. The number of hydrogen-bond donors (Lipinski definition) is 0. The van der Waals surface area contributed by atoms with Gasteiger partial charge in [0.25, 0.3) is 0 Å². The van der Waals surface area contributed by atoms with Gasteiger partial charge in [-0.15, -0.1) is 0 Å². The summed E-state index contributed by atoms with van der Waals surface area (Å²) in [5, 5.41) is 0. The fraction of sp³-hybridized carbons (Fsp3) is 0.438. The molecule has 35 heavy (non-hydrogen) atoms. The summed E-state index contributed by atoms with van der Waals surface area (Å²) in [7, 11) is 0. The van der Waals surface area contributed by atoms with E-state index in [4.69, 9.17) is 0 Å². The minimum atomic E-state index is 0.342. The van der Waals surface area contributed by atoms with E-state index in [1.807, 2.05) is 0 Å². The van der Waals surface area contributed by atoms with E-state index >= 15 is 0 Å². The van der Waals surface area contributed by atoms with Crippen LogP contribution in [0.15, 0.2) is 78.9 Å². The van der Waals surface area contributed by atoms with E-state index in [1.165, 1.54) is 51.4 Å². The molecule has 3 nitrogen and oxygen atoms in total. The topological polar surface area (TPSA) is 9.72 Å². The second-order valence-electron chi connectivity index (χ2n) is 11.5. The van der Waals surface area contributed by atoms with Crippen LogP contribution in [0, 0.1) is 11.3 Å². The summed E-state index contributed by atoms with van der Waals surface area (Å²) in [6.45, 7) is 12.2. The highest BCUT2D eigenvalue weighted by Gasteiger charge is 2.59. The van der Waals surface area contributed by atoms with Crippen molar-refractivity contribution in [1.29, 1.82) is 0 Å². The lowest BCUT2D eigenvalue weighted by Crippen LogP contribution is -2.47. The van der Waals surface area contributed by atoms with Gasteiger partial charge in [0.05, 0.1) is 0 Å². The first-order valence-corrected chi connectivity index (χ1v) is 13.6. The lowest BCUT2D eigenvalue weighted by Gasteiger charge is -2.54. The monoisotopic (exact) mass is 463 g/mol. The Kier molecular flexibility index (Phi) is 5.26. The molecule has 8 rings (SSSR count). The molecular formula is C32H37N3. The number of piperazine rings is 1. The maximum absolute atomic E-state index is 2.81. The number of benzene rings is 3. The van der Waals surface area contributed by atoms with Crippen LogP contribution in [0.2, 0.25) is 0 Å². The standard InChI is InChI=1S/C32H37N3/c1-32-23-34(17-9-16-33-18-20-35(21-19-33)24-10-3-2-4-11-24)22-29(32)30-25-12-5-7-14-27(25)31(32)28-15-8-6-13-26(28)30/h2-8,10-15,29-31H,9,16-23H2,1H3. The van der Waals surface area contributed by atoms with Gasteiger partial charge < -0.3 is 9.80 Å². The molecule has 3 aliphatic carbocycles. The number of rotatable bonds is 5. The first kappa shape index (κ1) is 21.6. The molecule has 2 fully saturated rings. The lowest BCUT2D eigenvalue weighted by atomic mass is 9.49. The Balaban J connectivity index is 1.01. The molecule has 3 aromatic carbocycles. The third kappa shape index (κ3) is 3.47. The van der Waals surface area contributed by atoms with Crippen LogP contribution in [-0.4, -0.2) is 62.2 Å². The number of nitrogens with zero attached hydrogens (tertiary/aromatic N) is 3. The zero-order valence-electron chi connectivity index (χ0n) is 20.9. The van der Waals surface area contributed by atoms with Crippen LogP contribution >= 0.6 is 0 Å². The fourth-order valence-electron chi connectivity index (χ4n) is 8.09. The predicted octanol–water partition coefficient (Wildman–Crippen LogP) is 5.43. The smallest absolute Gasteiger partial charge is 0.0367 e. The highest BCUT2D eigenvalue weighted by Crippen LogP contribution is 2.65. The maximum atomic E-state index is 2.81. The summed E-state index contributed by atoms with van der Waals surface area (Å²) in [6, 6.07) is 29.6. The van der Waals surface area contributed by atoms with Crippen LogP contribution in [0.4, 0.5) is 5.69 Å². The molecule has 2 atom stereocenters. The van der Waals surface area contributed by atoms with Gasteiger partial charge in [-0.2, -0.15) is 0 Å². The van der Waals surface area contributed by atoms with Crippen molar-refractivity contribution >= 4 is 5.69 Å². The van der Waals surface area contributed by atoms with Crippen molar-refractivity contribution in [2.45, 2.75) is 25.2 Å². The average Bonchev–Trinajstić information content (AvgIpc) is 3.26. The minimum absolute atomic E-state index is 0.342. The van der Waals surface area contributed by atoms with Crippen molar-refractivity contribution in [3.05, 3.63) is 101 Å². The molecule has 2 saturated heterocycles. The molecule has 0 radical (unpaired) electrons. The highest BCUT2D eigenvalue weighted by atomic mass is 15.3. The second kappa shape index (κ2) is 8.50. The van der Waals surface area contributed by atoms with Gasteiger partial charge >= 0.3 is 0 Å². The van der Waals surface area contributed by atoms with Gasteiger partial charge in [0.1, 0.15) is 0 Å². The van der Waals surface area contributed by atoms with Gasteiger partial charge in [-0.25, -0.2) is 0 Å². The van der Waals surface area contributed by atoms with Crippen molar-refractivity contribution < 1.29 is 0 Å². The average molecular weight is 464 g/mol. The van der Waals surface area contributed by atoms with E-state index in [9.17, 15) is 0 Å². The van der Waals surface area contributed by atoms with Gasteiger partial charge in [-0.3, -0.25) is 4.90 Å². The summed E-state index contributed by atoms with van der Waals surface area (Å²) in [5.74, 6) is 1.83. The molecule has 2 heterocycles. The molecule has 2 unspecified atom stereocenters. The number of hydrogen-bond acceptors (Lipinski definition) is 3. The molecule has 5 aliphatic rings. The Labute approximate surface area is 210 Å². The second-order valence-corrected chi connectivity index (χ2v) is 11.5. The molecule has 0 N–H and O–H groups in total. The largest absolute Gasteiger partial charge is 0.369 e. The molecule has 0 saturated carbocycles. The molecule has 0 spiro atoms. The van der Waals surface area contributed by atoms with Crippen molar-refractivity contribution in [2.24, 2.45) is 11.3 Å². The molecule has 0 amide bonds. The third-order valence-electron chi connectivity index (χ3n) is 9.65. The molecule has 3 aromatic rings. The summed E-state index contributed by atoms with van der Waals surface area (Å²) in [5.41, 5.74) is 8.14.